The summed E-state index contributed by atoms with van der Waals surface area (Å²) in [5.74, 6) is -0.0895. The standard InChI is InChI=1S/C13H17Cl2FO/c1-8(2)4-5-13(3,17)9-6-12(16)11(15)7-10(9)14/h6-8,17H,4-5H2,1-3H3. The summed E-state index contributed by atoms with van der Waals surface area (Å²) in [6.07, 6.45) is 1.37. The molecule has 1 rings (SSSR count). The van der Waals surface area contributed by atoms with Crippen LogP contribution in [0.25, 0.3) is 0 Å². The molecule has 0 bridgehead atoms. The Balaban J connectivity index is 3.01. The van der Waals surface area contributed by atoms with E-state index >= 15 is 0 Å². The maximum absolute atomic E-state index is 13.4. The predicted molar refractivity (Wildman–Crippen MR) is 70.1 cm³/mol. The van der Waals surface area contributed by atoms with Crippen molar-refractivity contribution in [3.8, 4) is 0 Å². The molecule has 0 aliphatic rings. The minimum Gasteiger partial charge on any atom is -0.385 e. The lowest BCUT2D eigenvalue weighted by molar-refractivity contribution is 0.0418. The molecular formula is C13H17Cl2FO. The van der Waals surface area contributed by atoms with Crippen molar-refractivity contribution in [2.45, 2.75) is 39.2 Å². The fourth-order valence-corrected chi connectivity index (χ4v) is 2.23. The van der Waals surface area contributed by atoms with Crippen molar-refractivity contribution in [3.63, 3.8) is 0 Å². The molecular weight excluding hydrogens is 262 g/mol. The number of rotatable bonds is 4. The molecule has 0 fully saturated rings. The Hall–Kier alpha value is -0.310. The summed E-state index contributed by atoms with van der Waals surface area (Å²) in [7, 11) is 0. The Morgan fingerprint density at radius 1 is 1.29 bits per heavy atom. The van der Waals surface area contributed by atoms with E-state index in [2.05, 4.69) is 13.8 Å². The molecule has 0 spiro atoms. The summed E-state index contributed by atoms with van der Waals surface area (Å²) in [6, 6.07) is 2.54. The first-order chi connectivity index (χ1) is 7.74. The quantitative estimate of drug-likeness (QED) is 0.787. The lowest BCUT2D eigenvalue weighted by atomic mass is 9.88. The highest BCUT2D eigenvalue weighted by Gasteiger charge is 2.27. The third-order valence-electron chi connectivity index (χ3n) is 2.80. The Bertz CT molecular complexity index is 403. The van der Waals surface area contributed by atoms with Crippen molar-refractivity contribution in [1.29, 1.82) is 0 Å². The monoisotopic (exact) mass is 278 g/mol. The molecule has 0 saturated carbocycles. The van der Waals surface area contributed by atoms with Gasteiger partial charge in [-0.25, -0.2) is 4.39 Å². The van der Waals surface area contributed by atoms with Crippen LogP contribution in [0.4, 0.5) is 4.39 Å². The van der Waals surface area contributed by atoms with E-state index in [9.17, 15) is 9.50 Å². The largest absolute Gasteiger partial charge is 0.385 e. The molecule has 1 N–H and O–H groups in total. The van der Waals surface area contributed by atoms with Crippen molar-refractivity contribution < 1.29 is 9.50 Å². The number of hydrogen-bond acceptors (Lipinski definition) is 1. The topological polar surface area (TPSA) is 20.2 Å². The van der Waals surface area contributed by atoms with Crippen molar-refractivity contribution >= 4 is 23.2 Å². The number of benzene rings is 1. The average Bonchev–Trinajstić information content (AvgIpc) is 2.20. The molecule has 96 valence electrons. The summed E-state index contributed by atoms with van der Waals surface area (Å²) >= 11 is 11.6. The first-order valence-electron chi connectivity index (χ1n) is 5.61. The second-order valence-corrected chi connectivity index (χ2v) is 5.77. The SMILES string of the molecule is CC(C)CCC(C)(O)c1cc(F)c(Cl)cc1Cl. The number of aliphatic hydroxyl groups is 1. The van der Waals surface area contributed by atoms with E-state index in [1.807, 2.05) is 0 Å². The summed E-state index contributed by atoms with van der Waals surface area (Å²) in [5, 5.41) is 10.6. The fraction of sp³-hybridized carbons (Fsp3) is 0.538. The van der Waals surface area contributed by atoms with Crippen LogP contribution in [0.15, 0.2) is 12.1 Å². The van der Waals surface area contributed by atoms with Crippen molar-refractivity contribution in [2.75, 3.05) is 0 Å². The van der Waals surface area contributed by atoms with Gasteiger partial charge in [0.25, 0.3) is 0 Å². The summed E-state index contributed by atoms with van der Waals surface area (Å²) in [6.45, 7) is 5.78. The molecule has 0 radical (unpaired) electrons. The van der Waals surface area contributed by atoms with Crippen molar-refractivity contribution in [1.82, 2.24) is 0 Å². The fourth-order valence-electron chi connectivity index (χ4n) is 1.64. The van der Waals surface area contributed by atoms with Gasteiger partial charge in [0.15, 0.2) is 0 Å². The first-order valence-corrected chi connectivity index (χ1v) is 6.37. The molecule has 1 atom stereocenters. The van der Waals surface area contributed by atoms with E-state index in [0.29, 0.717) is 22.9 Å². The van der Waals surface area contributed by atoms with Crippen molar-refractivity contribution in [3.05, 3.63) is 33.6 Å². The van der Waals surface area contributed by atoms with E-state index in [1.165, 1.54) is 12.1 Å². The molecule has 17 heavy (non-hydrogen) atoms. The Labute approximate surface area is 112 Å². The van der Waals surface area contributed by atoms with Crippen LogP contribution in [0.1, 0.15) is 39.2 Å². The summed E-state index contributed by atoms with van der Waals surface area (Å²) in [5.41, 5.74) is -0.742. The number of hydrogen-bond donors (Lipinski definition) is 1. The zero-order valence-corrected chi connectivity index (χ0v) is 11.7. The van der Waals surface area contributed by atoms with Crippen LogP contribution in [0.2, 0.25) is 10.0 Å². The van der Waals surface area contributed by atoms with Gasteiger partial charge in [-0.05, 0) is 37.8 Å². The molecule has 1 nitrogen and oxygen atoms in total. The highest BCUT2D eigenvalue weighted by molar-refractivity contribution is 6.35. The highest BCUT2D eigenvalue weighted by Crippen LogP contribution is 2.35. The van der Waals surface area contributed by atoms with Gasteiger partial charge in [0.05, 0.1) is 10.6 Å². The van der Waals surface area contributed by atoms with E-state index < -0.39 is 11.4 Å². The van der Waals surface area contributed by atoms with E-state index in [0.717, 1.165) is 6.42 Å². The van der Waals surface area contributed by atoms with E-state index in [1.54, 1.807) is 6.92 Å². The molecule has 1 aromatic rings. The second-order valence-electron chi connectivity index (χ2n) is 4.95. The maximum Gasteiger partial charge on any atom is 0.142 e. The molecule has 0 aliphatic heterocycles. The summed E-state index contributed by atoms with van der Waals surface area (Å²) < 4.78 is 13.4. The molecule has 1 unspecified atom stereocenters. The smallest absolute Gasteiger partial charge is 0.142 e. The zero-order chi connectivity index (χ0) is 13.2. The van der Waals surface area contributed by atoms with Crippen LogP contribution >= 0.6 is 23.2 Å². The van der Waals surface area contributed by atoms with E-state index in [4.69, 9.17) is 23.2 Å². The van der Waals surface area contributed by atoms with Crippen LogP contribution < -0.4 is 0 Å². The molecule has 0 heterocycles. The van der Waals surface area contributed by atoms with Gasteiger partial charge in [0, 0.05) is 10.6 Å². The van der Waals surface area contributed by atoms with Gasteiger partial charge in [-0.2, -0.15) is 0 Å². The van der Waals surface area contributed by atoms with Crippen LogP contribution in [-0.2, 0) is 5.60 Å². The average molecular weight is 279 g/mol. The van der Waals surface area contributed by atoms with Crippen LogP contribution in [0.5, 0.6) is 0 Å². The van der Waals surface area contributed by atoms with Crippen LogP contribution in [-0.4, -0.2) is 5.11 Å². The zero-order valence-electron chi connectivity index (χ0n) is 10.2. The minimum absolute atomic E-state index is 0.0293. The molecule has 1 aromatic carbocycles. The second kappa shape index (κ2) is 5.55. The van der Waals surface area contributed by atoms with Gasteiger partial charge in [0.1, 0.15) is 5.82 Å². The van der Waals surface area contributed by atoms with Gasteiger partial charge in [-0.1, -0.05) is 37.0 Å². The third-order valence-corrected chi connectivity index (χ3v) is 3.40. The van der Waals surface area contributed by atoms with E-state index in [-0.39, 0.29) is 5.02 Å². The Kier molecular flexibility index (Phi) is 4.82. The lowest BCUT2D eigenvalue weighted by Gasteiger charge is -2.26. The molecule has 0 aromatic heterocycles. The van der Waals surface area contributed by atoms with Crippen LogP contribution in [0, 0.1) is 11.7 Å². The predicted octanol–water partition coefficient (Wildman–Crippen LogP) is 4.78. The van der Waals surface area contributed by atoms with Gasteiger partial charge >= 0.3 is 0 Å². The van der Waals surface area contributed by atoms with Gasteiger partial charge in [-0.15, -0.1) is 0 Å². The maximum atomic E-state index is 13.4. The molecule has 0 saturated heterocycles. The van der Waals surface area contributed by atoms with Crippen LogP contribution in [0.3, 0.4) is 0 Å². The Morgan fingerprint density at radius 3 is 2.41 bits per heavy atom. The minimum atomic E-state index is -1.13. The number of halogens is 3. The molecule has 0 amide bonds. The van der Waals surface area contributed by atoms with Gasteiger partial charge in [0.2, 0.25) is 0 Å². The first kappa shape index (κ1) is 14.7. The van der Waals surface area contributed by atoms with Crippen molar-refractivity contribution in [2.24, 2.45) is 5.92 Å². The Morgan fingerprint density at radius 2 is 1.88 bits per heavy atom. The third kappa shape index (κ3) is 3.84. The normalized spacial score (nSPS) is 15.1. The van der Waals surface area contributed by atoms with Gasteiger partial charge < -0.3 is 5.11 Å². The highest BCUT2D eigenvalue weighted by atomic mass is 35.5. The van der Waals surface area contributed by atoms with Gasteiger partial charge in [-0.3, -0.25) is 0 Å². The lowest BCUT2D eigenvalue weighted by Crippen LogP contribution is -2.22. The molecule has 4 heteroatoms. The molecule has 0 aliphatic carbocycles. The summed E-state index contributed by atoms with van der Waals surface area (Å²) in [4.78, 5) is 0.